The molecule has 1 saturated heterocycles. The fourth-order valence-electron chi connectivity index (χ4n) is 2.38. The number of amides is 1. The number of nitrogens with zero attached hydrogens (tertiary/aromatic N) is 2. The van der Waals surface area contributed by atoms with E-state index in [-0.39, 0.29) is 17.9 Å². The number of aliphatic hydroxyl groups is 1. The molecule has 4 heteroatoms. The molecule has 2 atom stereocenters. The average Bonchev–Trinajstić information content (AvgIpc) is 2.35. The van der Waals surface area contributed by atoms with Gasteiger partial charge in [-0.05, 0) is 25.2 Å². The summed E-state index contributed by atoms with van der Waals surface area (Å²) in [5.74, 6) is 0.0292. The molecule has 0 aromatic carbocycles. The molecule has 0 aliphatic carbocycles. The predicted octanol–water partition coefficient (Wildman–Crippen LogP) is 1.55. The molecule has 4 nitrogen and oxygen atoms in total. The first-order chi connectivity index (χ1) is 8.00. The van der Waals surface area contributed by atoms with Crippen molar-refractivity contribution in [2.24, 2.45) is 11.3 Å². The van der Waals surface area contributed by atoms with Crippen molar-refractivity contribution in [3.63, 3.8) is 0 Å². The number of aliphatic hydroxyl groups excluding tert-OH is 1. The van der Waals surface area contributed by atoms with Gasteiger partial charge in [0.15, 0.2) is 0 Å². The van der Waals surface area contributed by atoms with Gasteiger partial charge in [-0.3, -0.25) is 4.79 Å². The van der Waals surface area contributed by atoms with Crippen LogP contribution < -0.4 is 0 Å². The second-order valence-electron chi connectivity index (χ2n) is 4.99. The Balaban J connectivity index is 2.80. The highest BCUT2D eigenvalue weighted by Gasteiger charge is 2.40. The minimum atomic E-state index is -0.873. The number of hydrogen-bond acceptors (Lipinski definition) is 3. The van der Waals surface area contributed by atoms with E-state index in [1.54, 1.807) is 4.90 Å². The maximum atomic E-state index is 12.4. The summed E-state index contributed by atoms with van der Waals surface area (Å²) in [6.45, 7) is 6.83. The number of piperidine rings is 1. The zero-order chi connectivity index (χ0) is 13.1. The van der Waals surface area contributed by atoms with Gasteiger partial charge >= 0.3 is 0 Å². The van der Waals surface area contributed by atoms with Gasteiger partial charge < -0.3 is 10.0 Å². The minimum Gasteiger partial charge on any atom is -0.393 e. The van der Waals surface area contributed by atoms with E-state index in [0.717, 1.165) is 0 Å². The summed E-state index contributed by atoms with van der Waals surface area (Å²) in [7, 11) is 0. The molecule has 0 bridgehead atoms. The first-order valence-corrected chi connectivity index (χ1v) is 6.39. The molecule has 0 aromatic heterocycles. The summed E-state index contributed by atoms with van der Waals surface area (Å²) < 4.78 is 0. The highest BCUT2D eigenvalue weighted by atomic mass is 16.3. The number of hydrogen-bond donors (Lipinski definition) is 1. The maximum Gasteiger partial charge on any atom is 0.243 e. The predicted molar refractivity (Wildman–Crippen MR) is 65.0 cm³/mol. The van der Waals surface area contributed by atoms with E-state index in [1.165, 1.54) is 0 Å². The molecule has 1 heterocycles. The Labute approximate surface area is 103 Å². The number of carbonyl (C=O) groups is 1. The zero-order valence-corrected chi connectivity index (χ0v) is 10.9. The van der Waals surface area contributed by atoms with E-state index in [1.807, 2.05) is 20.8 Å². The summed E-state index contributed by atoms with van der Waals surface area (Å²) in [4.78, 5) is 14.1. The van der Waals surface area contributed by atoms with Crippen LogP contribution in [0.3, 0.4) is 0 Å². The Hall–Kier alpha value is -1.08. The van der Waals surface area contributed by atoms with Gasteiger partial charge in [-0.1, -0.05) is 20.8 Å². The van der Waals surface area contributed by atoms with Gasteiger partial charge in [-0.15, -0.1) is 0 Å². The molecule has 2 unspecified atom stereocenters. The minimum absolute atomic E-state index is 0.0660. The van der Waals surface area contributed by atoms with Crippen LogP contribution in [0.25, 0.3) is 0 Å². The number of nitriles is 1. The summed E-state index contributed by atoms with van der Waals surface area (Å²) in [5.41, 5.74) is -0.873. The van der Waals surface area contributed by atoms with Gasteiger partial charge in [0.25, 0.3) is 0 Å². The fourth-order valence-corrected chi connectivity index (χ4v) is 2.38. The van der Waals surface area contributed by atoms with Crippen molar-refractivity contribution in [1.29, 1.82) is 5.26 Å². The van der Waals surface area contributed by atoms with E-state index in [2.05, 4.69) is 6.07 Å². The molecule has 0 aromatic rings. The van der Waals surface area contributed by atoms with Crippen molar-refractivity contribution in [3.05, 3.63) is 0 Å². The normalized spacial score (nSPS) is 25.5. The van der Waals surface area contributed by atoms with Crippen LogP contribution in [0.5, 0.6) is 0 Å². The lowest BCUT2D eigenvalue weighted by Gasteiger charge is -2.38. The van der Waals surface area contributed by atoms with E-state index in [0.29, 0.717) is 32.4 Å². The van der Waals surface area contributed by atoms with E-state index >= 15 is 0 Å². The summed E-state index contributed by atoms with van der Waals surface area (Å²) in [6.07, 6.45) is 1.39. The van der Waals surface area contributed by atoms with E-state index < -0.39 is 5.41 Å². The van der Waals surface area contributed by atoms with Crippen LogP contribution in [0.2, 0.25) is 0 Å². The van der Waals surface area contributed by atoms with Crippen molar-refractivity contribution >= 4 is 5.91 Å². The number of carbonyl (C=O) groups excluding carboxylic acids is 1. The Morgan fingerprint density at radius 3 is 2.53 bits per heavy atom. The molecular formula is C13H22N2O2. The second-order valence-corrected chi connectivity index (χ2v) is 4.99. The smallest absolute Gasteiger partial charge is 0.243 e. The molecule has 1 rings (SSSR count). The van der Waals surface area contributed by atoms with Gasteiger partial charge in [0.2, 0.25) is 5.91 Å². The fraction of sp³-hybridized carbons (Fsp3) is 0.846. The second kappa shape index (κ2) is 5.50. The highest BCUT2D eigenvalue weighted by Crippen LogP contribution is 2.30. The Morgan fingerprint density at radius 2 is 2.12 bits per heavy atom. The van der Waals surface area contributed by atoms with Crippen LogP contribution in [-0.4, -0.2) is 35.1 Å². The van der Waals surface area contributed by atoms with Gasteiger partial charge in [0.05, 0.1) is 12.2 Å². The summed E-state index contributed by atoms with van der Waals surface area (Å²) >= 11 is 0. The lowest BCUT2D eigenvalue weighted by atomic mass is 9.81. The quantitative estimate of drug-likeness (QED) is 0.811. The largest absolute Gasteiger partial charge is 0.393 e. The van der Waals surface area contributed by atoms with Crippen LogP contribution in [-0.2, 0) is 4.79 Å². The molecule has 0 saturated carbocycles. The summed E-state index contributed by atoms with van der Waals surface area (Å²) in [5, 5.41) is 18.9. The lowest BCUT2D eigenvalue weighted by Crippen LogP contribution is -2.50. The van der Waals surface area contributed by atoms with Gasteiger partial charge in [-0.25, -0.2) is 0 Å². The first-order valence-electron chi connectivity index (χ1n) is 6.39. The maximum absolute atomic E-state index is 12.4. The van der Waals surface area contributed by atoms with Crippen LogP contribution >= 0.6 is 0 Å². The molecule has 1 N–H and O–H groups in total. The third-order valence-electron chi connectivity index (χ3n) is 3.98. The third-order valence-corrected chi connectivity index (χ3v) is 3.98. The van der Waals surface area contributed by atoms with Crippen LogP contribution in [0, 0.1) is 22.7 Å². The third kappa shape index (κ3) is 2.61. The van der Waals surface area contributed by atoms with Gasteiger partial charge in [0.1, 0.15) is 5.41 Å². The summed E-state index contributed by atoms with van der Waals surface area (Å²) in [6, 6.07) is 2.18. The van der Waals surface area contributed by atoms with Crippen molar-refractivity contribution in [1.82, 2.24) is 4.90 Å². The molecule has 1 fully saturated rings. The lowest BCUT2D eigenvalue weighted by molar-refractivity contribution is -0.143. The zero-order valence-electron chi connectivity index (χ0n) is 10.9. The average molecular weight is 238 g/mol. The van der Waals surface area contributed by atoms with Crippen molar-refractivity contribution in [3.8, 4) is 6.07 Å². The topological polar surface area (TPSA) is 64.3 Å². The van der Waals surface area contributed by atoms with Gasteiger partial charge in [0, 0.05) is 13.1 Å². The monoisotopic (exact) mass is 238 g/mol. The van der Waals surface area contributed by atoms with Crippen LogP contribution in [0.4, 0.5) is 0 Å². The van der Waals surface area contributed by atoms with Crippen molar-refractivity contribution in [2.45, 2.75) is 46.1 Å². The number of likely N-dealkylation sites (tertiary alicyclic amines) is 1. The molecule has 17 heavy (non-hydrogen) atoms. The van der Waals surface area contributed by atoms with Crippen LogP contribution in [0.15, 0.2) is 0 Å². The molecule has 1 amide bonds. The van der Waals surface area contributed by atoms with E-state index in [4.69, 9.17) is 0 Å². The van der Waals surface area contributed by atoms with Gasteiger partial charge in [-0.2, -0.15) is 5.26 Å². The molecule has 0 radical (unpaired) electrons. The molecule has 0 spiro atoms. The standard InChI is InChI=1S/C13H22N2O2/c1-4-13(5-2,9-14)12(17)15-7-6-11(16)10(3)8-15/h10-11,16H,4-8H2,1-3H3. The Bertz CT molecular complexity index is 318. The molecule has 1 aliphatic rings. The SMILES string of the molecule is CCC(C#N)(CC)C(=O)N1CCC(O)C(C)C1. The highest BCUT2D eigenvalue weighted by molar-refractivity contribution is 5.85. The molecular weight excluding hydrogens is 216 g/mol. The molecule has 96 valence electrons. The Morgan fingerprint density at radius 1 is 1.53 bits per heavy atom. The Kier molecular flexibility index (Phi) is 4.53. The van der Waals surface area contributed by atoms with E-state index in [9.17, 15) is 15.2 Å². The van der Waals surface area contributed by atoms with Crippen molar-refractivity contribution < 1.29 is 9.90 Å². The number of rotatable bonds is 3. The van der Waals surface area contributed by atoms with Crippen molar-refractivity contribution in [2.75, 3.05) is 13.1 Å². The van der Waals surface area contributed by atoms with Crippen LogP contribution in [0.1, 0.15) is 40.0 Å². The first kappa shape index (κ1) is 14.0. The molecule has 1 aliphatic heterocycles.